The maximum atomic E-state index is 12.4. The number of rotatable bonds is 6. The molecule has 0 amide bonds. The van der Waals surface area contributed by atoms with Crippen molar-refractivity contribution in [1.82, 2.24) is 4.57 Å². The molecule has 6 heteroatoms. The van der Waals surface area contributed by atoms with Crippen LogP contribution in [0.1, 0.15) is 31.8 Å². The van der Waals surface area contributed by atoms with Crippen molar-refractivity contribution in [2.45, 2.75) is 20.4 Å². The Hall–Kier alpha value is -3.41. The van der Waals surface area contributed by atoms with Gasteiger partial charge in [0.2, 0.25) is 5.78 Å². The molecule has 0 aliphatic heterocycles. The minimum absolute atomic E-state index is 0.114. The quantitative estimate of drug-likeness (QED) is 0.484. The highest BCUT2D eigenvalue weighted by atomic mass is 16.5. The second-order valence-electron chi connectivity index (χ2n) is 6.58. The Morgan fingerprint density at radius 1 is 1.00 bits per heavy atom. The number of ether oxygens (including phenoxy) is 2. The van der Waals surface area contributed by atoms with Crippen molar-refractivity contribution in [3.05, 3.63) is 70.9 Å². The summed E-state index contributed by atoms with van der Waals surface area (Å²) in [6.45, 7) is 3.30. The molecular weight excluding hydrogens is 358 g/mol. The van der Waals surface area contributed by atoms with Crippen LogP contribution < -0.4 is 0 Å². The molecule has 0 saturated heterocycles. The topological polar surface area (TPSA) is 74.6 Å². The van der Waals surface area contributed by atoms with Crippen LogP contribution in [0.4, 0.5) is 0 Å². The van der Waals surface area contributed by atoms with Crippen LogP contribution in [0.5, 0.6) is 0 Å². The molecule has 0 saturated carbocycles. The number of nitrogens with zero attached hydrogens (tertiary/aromatic N) is 1. The normalized spacial score (nSPS) is 10.7. The first-order valence-corrected chi connectivity index (χ1v) is 8.83. The molecule has 28 heavy (non-hydrogen) atoms. The molecule has 0 N–H and O–H groups in total. The van der Waals surface area contributed by atoms with Gasteiger partial charge >= 0.3 is 11.9 Å². The fourth-order valence-electron chi connectivity index (χ4n) is 3.09. The first-order chi connectivity index (χ1) is 13.4. The number of carbonyl (C=O) groups excluding carboxylic acids is 3. The number of para-hydroxylation sites is 1. The predicted octanol–water partition coefficient (Wildman–Crippen LogP) is 3.47. The molecule has 1 heterocycles. The summed E-state index contributed by atoms with van der Waals surface area (Å²) in [5.41, 5.74) is 3.44. The van der Waals surface area contributed by atoms with Gasteiger partial charge in [-0.15, -0.1) is 0 Å². The predicted molar refractivity (Wildman–Crippen MR) is 104 cm³/mol. The molecule has 0 aliphatic rings. The van der Waals surface area contributed by atoms with E-state index >= 15 is 0 Å². The van der Waals surface area contributed by atoms with E-state index in [-0.39, 0.29) is 18.9 Å². The molecule has 0 spiro atoms. The van der Waals surface area contributed by atoms with Crippen LogP contribution in [-0.2, 0) is 20.8 Å². The number of hydrogen-bond acceptors (Lipinski definition) is 5. The van der Waals surface area contributed by atoms with Crippen LogP contribution in [-0.4, -0.2) is 36.0 Å². The molecule has 1 aromatic heterocycles. The van der Waals surface area contributed by atoms with Crippen molar-refractivity contribution in [2.75, 3.05) is 13.7 Å². The molecule has 0 fully saturated rings. The summed E-state index contributed by atoms with van der Waals surface area (Å²) in [5, 5.41) is 0.689. The van der Waals surface area contributed by atoms with Gasteiger partial charge in [0, 0.05) is 22.7 Å². The van der Waals surface area contributed by atoms with Gasteiger partial charge in [0.05, 0.1) is 12.7 Å². The van der Waals surface area contributed by atoms with E-state index in [1.54, 1.807) is 35.0 Å². The van der Waals surface area contributed by atoms with E-state index in [1.807, 2.05) is 32.0 Å². The second kappa shape index (κ2) is 8.08. The Bertz CT molecular complexity index is 1060. The first-order valence-electron chi connectivity index (χ1n) is 8.83. The third-order valence-corrected chi connectivity index (χ3v) is 4.55. The Kier molecular flexibility index (Phi) is 5.59. The molecule has 2 aromatic carbocycles. The van der Waals surface area contributed by atoms with Gasteiger partial charge in [-0.05, 0) is 31.5 Å². The van der Waals surface area contributed by atoms with Crippen molar-refractivity contribution >= 4 is 28.6 Å². The summed E-state index contributed by atoms with van der Waals surface area (Å²) in [5.74, 6) is -1.29. The molecular formula is C22H21NO5. The molecule has 0 bridgehead atoms. The van der Waals surface area contributed by atoms with E-state index in [0.29, 0.717) is 22.0 Å². The number of esters is 2. The molecule has 144 valence electrons. The zero-order chi connectivity index (χ0) is 20.3. The molecule has 6 nitrogen and oxygen atoms in total. The lowest BCUT2D eigenvalue weighted by molar-refractivity contribution is -0.143. The lowest BCUT2D eigenvalue weighted by Gasteiger charge is -2.08. The molecule has 0 atom stereocenters. The summed E-state index contributed by atoms with van der Waals surface area (Å²) in [6, 6.07) is 12.8. The SMILES string of the molecule is COC(=O)c1cn(CC(=O)OCC(=O)c2cc(C)ccc2C)c2ccccc12. The van der Waals surface area contributed by atoms with Gasteiger partial charge in [-0.1, -0.05) is 35.9 Å². The van der Waals surface area contributed by atoms with Gasteiger partial charge in [-0.25, -0.2) is 4.79 Å². The zero-order valence-electron chi connectivity index (χ0n) is 16.0. The first kappa shape index (κ1) is 19.4. The highest BCUT2D eigenvalue weighted by Gasteiger charge is 2.18. The van der Waals surface area contributed by atoms with Crippen LogP contribution in [0.2, 0.25) is 0 Å². The third kappa shape index (κ3) is 3.96. The minimum atomic E-state index is -0.559. The van der Waals surface area contributed by atoms with Gasteiger partial charge < -0.3 is 14.0 Å². The Morgan fingerprint density at radius 3 is 2.50 bits per heavy atom. The molecule has 0 aliphatic carbocycles. The smallest absolute Gasteiger partial charge is 0.340 e. The van der Waals surface area contributed by atoms with Gasteiger partial charge in [0.1, 0.15) is 6.54 Å². The van der Waals surface area contributed by atoms with E-state index in [0.717, 1.165) is 11.1 Å². The number of methoxy groups -OCH3 is 1. The van der Waals surface area contributed by atoms with Gasteiger partial charge in [-0.3, -0.25) is 9.59 Å². The fourth-order valence-corrected chi connectivity index (χ4v) is 3.09. The highest BCUT2D eigenvalue weighted by Crippen LogP contribution is 2.22. The van der Waals surface area contributed by atoms with Gasteiger partial charge in [0.25, 0.3) is 0 Å². The number of carbonyl (C=O) groups is 3. The number of aryl methyl sites for hydroxylation is 2. The summed E-state index contributed by atoms with van der Waals surface area (Å²) >= 11 is 0. The zero-order valence-corrected chi connectivity index (χ0v) is 16.0. The summed E-state index contributed by atoms with van der Waals surface area (Å²) in [6.07, 6.45) is 1.56. The molecule has 3 rings (SSSR count). The van der Waals surface area contributed by atoms with Crippen LogP contribution in [0.25, 0.3) is 10.9 Å². The number of fused-ring (bicyclic) bond motifs is 1. The Morgan fingerprint density at radius 2 is 1.75 bits per heavy atom. The molecule has 0 radical (unpaired) electrons. The van der Waals surface area contributed by atoms with Crippen LogP contribution in [0.3, 0.4) is 0 Å². The number of ketones is 1. The van der Waals surface area contributed by atoms with Crippen molar-refractivity contribution < 1.29 is 23.9 Å². The summed E-state index contributed by atoms with van der Waals surface area (Å²) < 4.78 is 11.6. The average molecular weight is 379 g/mol. The van der Waals surface area contributed by atoms with Crippen molar-refractivity contribution in [3.8, 4) is 0 Å². The second-order valence-corrected chi connectivity index (χ2v) is 6.58. The van der Waals surface area contributed by atoms with E-state index in [9.17, 15) is 14.4 Å². The Balaban J connectivity index is 1.72. The van der Waals surface area contributed by atoms with Gasteiger partial charge in [-0.2, -0.15) is 0 Å². The summed E-state index contributed by atoms with van der Waals surface area (Å²) in [4.78, 5) is 36.6. The van der Waals surface area contributed by atoms with E-state index in [4.69, 9.17) is 9.47 Å². The van der Waals surface area contributed by atoms with Crippen LogP contribution >= 0.6 is 0 Å². The van der Waals surface area contributed by atoms with Crippen LogP contribution in [0.15, 0.2) is 48.7 Å². The van der Waals surface area contributed by atoms with Gasteiger partial charge in [0.15, 0.2) is 6.61 Å². The Labute approximate surface area is 162 Å². The van der Waals surface area contributed by atoms with Crippen molar-refractivity contribution in [1.29, 1.82) is 0 Å². The largest absolute Gasteiger partial charge is 0.465 e. The van der Waals surface area contributed by atoms with E-state index < -0.39 is 11.9 Å². The number of Topliss-reactive ketones (excluding diaryl/α,β-unsaturated/α-hetero) is 1. The number of benzene rings is 2. The van der Waals surface area contributed by atoms with Crippen molar-refractivity contribution in [2.24, 2.45) is 0 Å². The fraction of sp³-hybridized carbons (Fsp3) is 0.227. The monoisotopic (exact) mass is 379 g/mol. The number of aromatic nitrogens is 1. The standard InChI is InChI=1S/C22H21NO5/c1-14-8-9-15(2)17(10-14)20(24)13-28-21(25)12-23-11-18(22(26)27-3)16-6-4-5-7-19(16)23/h4-11H,12-13H2,1-3H3. The third-order valence-electron chi connectivity index (χ3n) is 4.55. The van der Waals surface area contributed by atoms with Crippen molar-refractivity contribution in [3.63, 3.8) is 0 Å². The summed E-state index contributed by atoms with van der Waals surface area (Å²) in [7, 11) is 1.31. The lowest BCUT2D eigenvalue weighted by atomic mass is 10.0. The van der Waals surface area contributed by atoms with Crippen LogP contribution in [0, 0.1) is 13.8 Å². The van der Waals surface area contributed by atoms with E-state index in [2.05, 4.69) is 0 Å². The maximum Gasteiger partial charge on any atom is 0.340 e. The highest BCUT2D eigenvalue weighted by molar-refractivity contribution is 6.04. The average Bonchev–Trinajstić information content (AvgIpc) is 3.06. The number of hydrogen-bond donors (Lipinski definition) is 0. The molecule has 3 aromatic rings. The molecule has 0 unspecified atom stereocenters. The lowest BCUT2D eigenvalue weighted by Crippen LogP contribution is -2.18. The minimum Gasteiger partial charge on any atom is -0.465 e. The van der Waals surface area contributed by atoms with E-state index in [1.165, 1.54) is 7.11 Å². The maximum absolute atomic E-state index is 12.4.